The maximum atomic E-state index is 2.76. The summed E-state index contributed by atoms with van der Waals surface area (Å²) in [5.74, 6) is 0. The third kappa shape index (κ3) is 2.25. The molecule has 0 spiro atoms. The summed E-state index contributed by atoms with van der Waals surface area (Å²) in [7, 11) is 0. The minimum atomic E-state index is -3.28. The number of benzene rings is 2. The molecule has 0 amide bonds. The Morgan fingerprint density at radius 1 is 0.792 bits per heavy atom. The summed E-state index contributed by atoms with van der Waals surface area (Å²) in [6.45, 7) is 2.31. The number of hydrogen-bond acceptors (Lipinski definition) is 0. The molecular formula is C23H26Zr. The van der Waals surface area contributed by atoms with Crippen molar-refractivity contribution in [3.05, 3.63) is 82.9 Å². The molecule has 2 aromatic carbocycles. The number of allylic oxidation sites excluding steroid dienone is 2. The van der Waals surface area contributed by atoms with Crippen molar-refractivity contribution in [1.29, 1.82) is 0 Å². The second-order valence-corrected chi connectivity index (χ2v) is 25.8. The Morgan fingerprint density at radius 2 is 1.25 bits per heavy atom. The number of rotatable bonds is 3. The van der Waals surface area contributed by atoms with Crippen molar-refractivity contribution in [2.45, 2.75) is 29.9 Å². The molecule has 0 aromatic heterocycles. The van der Waals surface area contributed by atoms with Gasteiger partial charge in [-0.05, 0) is 0 Å². The average Bonchev–Trinajstić information content (AvgIpc) is 3.20. The van der Waals surface area contributed by atoms with Crippen molar-refractivity contribution >= 4 is 15.9 Å². The molecule has 2 atom stereocenters. The van der Waals surface area contributed by atoms with Crippen LogP contribution in [0.25, 0.3) is 12.2 Å². The molecule has 1 heteroatoms. The van der Waals surface area contributed by atoms with Crippen molar-refractivity contribution in [3.8, 4) is 0 Å². The first kappa shape index (κ1) is 16.2. The van der Waals surface area contributed by atoms with Gasteiger partial charge < -0.3 is 0 Å². The van der Waals surface area contributed by atoms with Crippen LogP contribution >= 0.6 is 0 Å². The first-order valence-electron chi connectivity index (χ1n) is 9.12. The zero-order chi connectivity index (χ0) is 16.8. The standard InChI is InChI=1S/2C9H7.C3H6.2CH3.Zr/c2*1-2-5-9-7-3-6-8(9)4-1;1-3-2;;;/h2*1-7H;1H,3H2,2H3;2*1H3;. The van der Waals surface area contributed by atoms with E-state index in [1.165, 1.54) is 11.1 Å². The molecule has 0 aliphatic heterocycles. The van der Waals surface area contributed by atoms with E-state index in [0.29, 0.717) is 7.25 Å². The fraction of sp³-hybridized carbons (Fsp3) is 0.261. The summed E-state index contributed by atoms with van der Waals surface area (Å²) in [5, 5.41) is 0. The Hall–Kier alpha value is -1.33. The van der Waals surface area contributed by atoms with Gasteiger partial charge in [-0.15, -0.1) is 0 Å². The molecule has 0 N–H and O–H groups in total. The maximum absolute atomic E-state index is 3.28. The molecule has 2 aromatic rings. The van der Waals surface area contributed by atoms with E-state index in [9.17, 15) is 0 Å². The van der Waals surface area contributed by atoms with Crippen LogP contribution in [0.4, 0.5) is 0 Å². The first-order chi connectivity index (χ1) is 11.5. The van der Waals surface area contributed by atoms with Gasteiger partial charge in [-0.2, -0.15) is 0 Å². The van der Waals surface area contributed by atoms with Crippen molar-refractivity contribution in [2.24, 2.45) is 0 Å². The molecule has 2 unspecified atom stereocenters. The van der Waals surface area contributed by atoms with Crippen LogP contribution in [0.15, 0.2) is 60.7 Å². The SMILES string of the molecule is CC[CH]=[Zr]([CH3])([CH3])([CH]1C=Cc2ccccc21)[CH]1C=Cc2ccccc21. The second-order valence-electron chi connectivity index (χ2n) is 8.28. The van der Waals surface area contributed by atoms with Crippen LogP contribution < -0.4 is 0 Å². The summed E-state index contributed by atoms with van der Waals surface area (Å²) in [6.07, 6.45) is 10.9. The van der Waals surface area contributed by atoms with E-state index in [0.717, 1.165) is 6.42 Å². The molecule has 0 radical (unpaired) electrons. The van der Waals surface area contributed by atoms with Gasteiger partial charge in [0.1, 0.15) is 0 Å². The summed E-state index contributed by atoms with van der Waals surface area (Å²) in [4.78, 5) is 0. The predicted molar refractivity (Wildman–Crippen MR) is 105 cm³/mol. The van der Waals surface area contributed by atoms with Crippen molar-refractivity contribution in [2.75, 3.05) is 0 Å². The van der Waals surface area contributed by atoms with Crippen LogP contribution in [-0.4, -0.2) is 3.71 Å². The van der Waals surface area contributed by atoms with E-state index in [2.05, 4.69) is 92.7 Å². The van der Waals surface area contributed by atoms with Crippen LogP contribution in [0.1, 0.15) is 42.8 Å². The van der Waals surface area contributed by atoms with Crippen LogP contribution in [0.2, 0.25) is 9.26 Å². The summed E-state index contributed by atoms with van der Waals surface area (Å²) >= 11 is -3.28. The quantitative estimate of drug-likeness (QED) is 0.557. The summed E-state index contributed by atoms with van der Waals surface area (Å²) in [6, 6.07) is 18.0. The molecule has 0 saturated carbocycles. The van der Waals surface area contributed by atoms with Crippen LogP contribution in [0.5, 0.6) is 0 Å². The molecule has 0 fully saturated rings. The molecule has 2 aliphatic carbocycles. The Kier molecular flexibility index (Phi) is 3.77. The van der Waals surface area contributed by atoms with Gasteiger partial charge >= 0.3 is 147 Å². The third-order valence-corrected chi connectivity index (χ3v) is 22.7. The fourth-order valence-corrected chi connectivity index (χ4v) is 20.1. The molecule has 24 heavy (non-hydrogen) atoms. The zero-order valence-corrected chi connectivity index (χ0v) is 17.3. The van der Waals surface area contributed by atoms with Crippen LogP contribution in [0, 0.1) is 0 Å². The molecular weight excluding hydrogens is 367 g/mol. The topological polar surface area (TPSA) is 0 Å². The molecule has 4 rings (SSSR count). The van der Waals surface area contributed by atoms with Crippen molar-refractivity contribution in [1.82, 2.24) is 0 Å². The van der Waals surface area contributed by atoms with Crippen molar-refractivity contribution < 1.29 is 18.3 Å². The Bertz CT molecular complexity index is 853. The van der Waals surface area contributed by atoms with Gasteiger partial charge in [0.15, 0.2) is 0 Å². The van der Waals surface area contributed by atoms with Crippen LogP contribution in [-0.2, 0) is 18.3 Å². The molecule has 0 saturated heterocycles. The van der Waals surface area contributed by atoms with Crippen molar-refractivity contribution in [3.63, 3.8) is 0 Å². The zero-order valence-electron chi connectivity index (χ0n) is 14.9. The average molecular weight is 394 g/mol. The van der Waals surface area contributed by atoms with E-state index in [4.69, 9.17) is 0 Å². The van der Waals surface area contributed by atoms with E-state index >= 15 is 0 Å². The van der Waals surface area contributed by atoms with Gasteiger partial charge in [0.25, 0.3) is 0 Å². The third-order valence-electron chi connectivity index (χ3n) is 6.41. The molecule has 0 heterocycles. The predicted octanol–water partition coefficient (Wildman–Crippen LogP) is 6.52. The van der Waals surface area contributed by atoms with E-state index in [1.54, 1.807) is 11.1 Å². The van der Waals surface area contributed by atoms with Gasteiger partial charge in [0.2, 0.25) is 0 Å². The summed E-state index contributed by atoms with van der Waals surface area (Å²) < 4.78 is 9.29. The van der Waals surface area contributed by atoms with Gasteiger partial charge in [-0.25, -0.2) is 0 Å². The number of fused-ring (bicyclic) bond motifs is 2. The first-order valence-corrected chi connectivity index (χ1v) is 18.3. The van der Waals surface area contributed by atoms with Gasteiger partial charge in [-0.1, -0.05) is 0 Å². The molecule has 0 nitrogen and oxygen atoms in total. The molecule has 2 aliphatic rings. The van der Waals surface area contributed by atoms with Gasteiger partial charge in [0.05, 0.1) is 0 Å². The minimum absolute atomic E-state index is 0.600. The Morgan fingerprint density at radius 3 is 1.71 bits per heavy atom. The fourth-order valence-electron chi connectivity index (χ4n) is 5.18. The number of hydrogen-bond donors (Lipinski definition) is 0. The van der Waals surface area contributed by atoms with Gasteiger partial charge in [-0.3, -0.25) is 0 Å². The second kappa shape index (κ2) is 5.60. The monoisotopic (exact) mass is 392 g/mol. The van der Waals surface area contributed by atoms with Gasteiger partial charge in [0, 0.05) is 0 Å². The summed E-state index contributed by atoms with van der Waals surface area (Å²) in [5.41, 5.74) is 5.95. The molecule has 0 bridgehead atoms. The van der Waals surface area contributed by atoms with E-state index in [-0.39, 0.29) is 0 Å². The normalized spacial score (nSPS) is 21.7. The van der Waals surface area contributed by atoms with Crippen LogP contribution in [0.3, 0.4) is 0 Å². The molecule has 122 valence electrons. The van der Waals surface area contributed by atoms with E-state index in [1.807, 2.05) is 0 Å². The van der Waals surface area contributed by atoms with E-state index < -0.39 is 18.3 Å². The Balaban J connectivity index is 1.94. The Labute approximate surface area is 146 Å².